The van der Waals surface area contributed by atoms with Crippen LogP contribution in [-0.2, 0) is 0 Å². The molecule has 21 heavy (non-hydrogen) atoms. The molecule has 1 aliphatic rings. The van der Waals surface area contributed by atoms with Gasteiger partial charge in [-0.05, 0) is 32.0 Å². The molecular formula is C15H20N6. The van der Waals surface area contributed by atoms with Crippen LogP contribution in [0, 0.1) is 0 Å². The first-order valence-corrected chi connectivity index (χ1v) is 7.37. The molecule has 6 nitrogen and oxygen atoms in total. The van der Waals surface area contributed by atoms with Crippen molar-refractivity contribution in [3.63, 3.8) is 0 Å². The normalized spacial score (nSPS) is 14.8. The summed E-state index contributed by atoms with van der Waals surface area (Å²) in [6.07, 6.45) is 3.40. The number of azo groups is 1. The van der Waals surface area contributed by atoms with Gasteiger partial charge in [-0.2, -0.15) is 0 Å². The van der Waals surface area contributed by atoms with Gasteiger partial charge in [-0.1, -0.05) is 0 Å². The van der Waals surface area contributed by atoms with Crippen LogP contribution in [0.25, 0.3) is 0 Å². The highest BCUT2D eigenvalue weighted by Gasteiger charge is 2.20. The van der Waals surface area contributed by atoms with Crippen molar-refractivity contribution >= 4 is 23.0 Å². The molecule has 0 aliphatic carbocycles. The zero-order valence-electron chi connectivity index (χ0n) is 12.5. The van der Waals surface area contributed by atoms with Crippen LogP contribution >= 0.6 is 0 Å². The molecule has 1 aliphatic heterocycles. The number of rotatable bonds is 4. The highest BCUT2D eigenvalue weighted by Crippen LogP contribution is 2.36. The highest BCUT2D eigenvalue weighted by molar-refractivity contribution is 5.76. The number of aromatic amines is 1. The van der Waals surface area contributed by atoms with Crippen LogP contribution in [0.15, 0.2) is 40.8 Å². The van der Waals surface area contributed by atoms with Crippen molar-refractivity contribution in [3.05, 3.63) is 30.6 Å². The Morgan fingerprint density at radius 3 is 2.52 bits per heavy atom. The van der Waals surface area contributed by atoms with Crippen molar-refractivity contribution < 1.29 is 0 Å². The van der Waals surface area contributed by atoms with Crippen molar-refractivity contribution in [3.8, 4) is 0 Å². The van der Waals surface area contributed by atoms with E-state index < -0.39 is 0 Å². The predicted octanol–water partition coefficient (Wildman–Crippen LogP) is 3.49. The molecule has 0 bridgehead atoms. The SMILES string of the molecule is CCN1CCN(CC)c2cc(N=Nc3ncc[nH]3)ccc21. The average molecular weight is 284 g/mol. The van der Waals surface area contributed by atoms with Gasteiger partial charge in [-0.25, -0.2) is 4.98 Å². The Morgan fingerprint density at radius 2 is 1.86 bits per heavy atom. The third-order valence-electron chi connectivity index (χ3n) is 3.79. The minimum absolute atomic E-state index is 0.523. The largest absolute Gasteiger partial charge is 0.368 e. The second-order valence-electron chi connectivity index (χ2n) is 4.95. The lowest BCUT2D eigenvalue weighted by Crippen LogP contribution is -2.40. The van der Waals surface area contributed by atoms with Crippen molar-refractivity contribution in [1.82, 2.24) is 9.97 Å². The maximum Gasteiger partial charge on any atom is 0.246 e. The van der Waals surface area contributed by atoms with Gasteiger partial charge in [0, 0.05) is 38.6 Å². The first-order chi connectivity index (χ1) is 10.3. The molecule has 1 N–H and O–H groups in total. The minimum Gasteiger partial charge on any atom is -0.368 e. The van der Waals surface area contributed by atoms with E-state index in [1.54, 1.807) is 12.4 Å². The molecule has 0 radical (unpaired) electrons. The third-order valence-corrected chi connectivity index (χ3v) is 3.79. The maximum absolute atomic E-state index is 4.26. The van der Waals surface area contributed by atoms with Gasteiger partial charge in [0.25, 0.3) is 0 Å². The molecule has 2 aromatic rings. The van der Waals surface area contributed by atoms with E-state index in [0.717, 1.165) is 31.9 Å². The fourth-order valence-corrected chi connectivity index (χ4v) is 2.65. The van der Waals surface area contributed by atoms with Gasteiger partial charge in [0.2, 0.25) is 5.95 Å². The summed E-state index contributed by atoms with van der Waals surface area (Å²) in [5.74, 6) is 0.523. The molecule has 0 unspecified atom stereocenters. The van der Waals surface area contributed by atoms with Crippen LogP contribution in [0.4, 0.5) is 23.0 Å². The van der Waals surface area contributed by atoms with Gasteiger partial charge in [0.15, 0.2) is 0 Å². The summed E-state index contributed by atoms with van der Waals surface area (Å²) in [6, 6.07) is 6.25. The summed E-state index contributed by atoms with van der Waals surface area (Å²) in [4.78, 5) is 11.7. The molecule has 0 atom stereocenters. The van der Waals surface area contributed by atoms with E-state index in [2.05, 4.69) is 56.0 Å². The Balaban J connectivity index is 1.91. The zero-order valence-corrected chi connectivity index (χ0v) is 12.5. The van der Waals surface area contributed by atoms with Crippen molar-refractivity contribution in [2.45, 2.75) is 13.8 Å². The molecule has 1 aromatic heterocycles. The van der Waals surface area contributed by atoms with E-state index >= 15 is 0 Å². The van der Waals surface area contributed by atoms with Gasteiger partial charge in [0.05, 0.1) is 17.1 Å². The number of hydrogen-bond donors (Lipinski definition) is 1. The van der Waals surface area contributed by atoms with Crippen molar-refractivity contribution in [1.29, 1.82) is 0 Å². The van der Waals surface area contributed by atoms with Gasteiger partial charge < -0.3 is 14.8 Å². The van der Waals surface area contributed by atoms with E-state index in [0.29, 0.717) is 5.95 Å². The summed E-state index contributed by atoms with van der Waals surface area (Å²) in [5.41, 5.74) is 3.37. The van der Waals surface area contributed by atoms with Crippen LogP contribution < -0.4 is 9.80 Å². The molecule has 0 fully saturated rings. The summed E-state index contributed by atoms with van der Waals surface area (Å²) in [7, 11) is 0. The first kappa shape index (κ1) is 13.6. The standard InChI is InChI=1S/C15H20N6/c1-3-20-9-10-21(4-2)14-11-12(5-6-13(14)20)18-19-15-16-7-8-17-15/h5-8,11H,3-4,9-10H2,1-2H3,(H,16,17). The molecular weight excluding hydrogens is 264 g/mol. The number of nitrogens with zero attached hydrogens (tertiary/aromatic N) is 5. The summed E-state index contributed by atoms with van der Waals surface area (Å²) < 4.78 is 0. The first-order valence-electron chi connectivity index (χ1n) is 7.37. The lowest BCUT2D eigenvalue weighted by Gasteiger charge is -2.38. The van der Waals surface area contributed by atoms with E-state index in [-0.39, 0.29) is 0 Å². The summed E-state index contributed by atoms with van der Waals surface area (Å²) in [5, 5.41) is 8.36. The number of benzene rings is 1. The quantitative estimate of drug-likeness (QED) is 0.874. The van der Waals surface area contributed by atoms with Crippen LogP contribution in [0.2, 0.25) is 0 Å². The molecule has 0 saturated heterocycles. The van der Waals surface area contributed by atoms with Crippen molar-refractivity contribution in [2.24, 2.45) is 10.2 Å². The number of likely N-dealkylation sites (N-methyl/N-ethyl adjacent to an activating group) is 2. The minimum atomic E-state index is 0.523. The molecule has 0 amide bonds. The molecule has 6 heteroatoms. The van der Waals surface area contributed by atoms with Crippen molar-refractivity contribution in [2.75, 3.05) is 36.0 Å². The molecule has 3 rings (SSSR count). The third kappa shape index (κ3) is 2.74. The number of aromatic nitrogens is 2. The fraction of sp³-hybridized carbons (Fsp3) is 0.400. The smallest absolute Gasteiger partial charge is 0.246 e. The topological polar surface area (TPSA) is 59.9 Å². The number of nitrogens with one attached hydrogen (secondary N) is 1. The summed E-state index contributed by atoms with van der Waals surface area (Å²) in [6.45, 7) is 8.53. The second kappa shape index (κ2) is 5.95. The number of imidazole rings is 1. The average Bonchev–Trinajstić information content (AvgIpc) is 3.05. The molecule has 2 heterocycles. The fourth-order valence-electron chi connectivity index (χ4n) is 2.65. The summed E-state index contributed by atoms with van der Waals surface area (Å²) >= 11 is 0. The molecule has 0 saturated carbocycles. The lowest BCUT2D eigenvalue weighted by atomic mass is 10.1. The van der Waals surface area contributed by atoms with Crippen LogP contribution in [-0.4, -0.2) is 36.1 Å². The van der Waals surface area contributed by atoms with Gasteiger partial charge in [-0.3, -0.25) is 0 Å². The van der Waals surface area contributed by atoms with E-state index in [9.17, 15) is 0 Å². The molecule has 0 spiro atoms. The van der Waals surface area contributed by atoms with Gasteiger partial charge in [-0.15, -0.1) is 10.2 Å². The Labute approximate surface area is 124 Å². The van der Waals surface area contributed by atoms with Crippen LogP contribution in [0.3, 0.4) is 0 Å². The van der Waals surface area contributed by atoms with Crippen LogP contribution in [0.5, 0.6) is 0 Å². The lowest BCUT2D eigenvalue weighted by molar-refractivity contribution is 0.723. The molecule has 110 valence electrons. The monoisotopic (exact) mass is 284 g/mol. The Hall–Kier alpha value is -2.37. The Kier molecular flexibility index (Phi) is 3.85. The van der Waals surface area contributed by atoms with E-state index in [1.165, 1.54) is 11.4 Å². The van der Waals surface area contributed by atoms with E-state index in [4.69, 9.17) is 0 Å². The van der Waals surface area contributed by atoms with Gasteiger partial charge >= 0.3 is 0 Å². The number of fused-ring (bicyclic) bond motifs is 1. The highest BCUT2D eigenvalue weighted by atomic mass is 15.3. The Bertz CT molecular complexity index is 619. The van der Waals surface area contributed by atoms with Gasteiger partial charge in [0.1, 0.15) is 0 Å². The van der Waals surface area contributed by atoms with Crippen LogP contribution in [0.1, 0.15) is 13.8 Å². The zero-order chi connectivity index (χ0) is 14.7. The number of anilines is 2. The predicted molar refractivity (Wildman–Crippen MR) is 85.0 cm³/mol. The number of hydrogen-bond acceptors (Lipinski definition) is 5. The van der Waals surface area contributed by atoms with E-state index in [1.807, 2.05) is 6.07 Å². The second-order valence-corrected chi connectivity index (χ2v) is 4.95. The maximum atomic E-state index is 4.26. The Morgan fingerprint density at radius 1 is 1.10 bits per heavy atom. The molecule has 1 aromatic carbocycles. The number of H-pyrrole nitrogens is 1.